The highest BCUT2D eigenvalue weighted by molar-refractivity contribution is 5.82. The number of carbonyl (C=O) groups is 1. The van der Waals surface area contributed by atoms with E-state index in [4.69, 9.17) is 18.9 Å². The Morgan fingerprint density at radius 2 is 1.50 bits per heavy atom. The van der Waals surface area contributed by atoms with Gasteiger partial charge in [-0.1, -0.05) is 78.9 Å². The fourth-order valence-corrected chi connectivity index (χ4v) is 5.52. The molecule has 3 unspecified atom stereocenters. The van der Waals surface area contributed by atoms with Crippen molar-refractivity contribution in [2.45, 2.75) is 44.7 Å². The summed E-state index contributed by atoms with van der Waals surface area (Å²) in [7, 11) is 0. The van der Waals surface area contributed by atoms with Crippen molar-refractivity contribution in [1.29, 1.82) is 0 Å². The van der Waals surface area contributed by atoms with E-state index in [-0.39, 0.29) is 24.7 Å². The number of nitrogens with zero attached hydrogens (tertiary/aromatic N) is 1. The highest BCUT2D eigenvalue weighted by Gasteiger charge is 2.41. The fourth-order valence-electron chi connectivity index (χ4n) is 5.52. The normalized spacial score (nSPS) is 18.7. The Balaban J connectivity index is 1.22. The first kappa shape index (κ1) is 29.6. The summed E-state index contributed by atoms with van der Waals surface area (Å²) < 4.78 is 24.3. The van der Waals surface area contributed by atoms with E-state index < -0.39 is 6.09 Å². The van der Waals surface area contributed by atoms with Crippen molar-refractivity contribution in [3.63, 3.8) is 0 Å². The molecule has 4 aromatic rings. The van der Waals surface area contributed by atoms with Gasteiger partial charge in [-0.3, -0.25) is 0 Å². The zero-order chi connectivity index (χ0) is 29.1. The van der Waals surface area contributed by atoms with Gasteiger partial charge >= 0.3 is 6.09 Å². The van der Waals surface area contributed by atoms with Crippen molar-refractivity contribution >= 4 is 16.9 Å². The topological polar surface area (TPSA) is 77.5 Å². The number of carboxylic acid groups (broad SMARTS) is 1. The lowest BCUT2D eigenvalue weighted by atomic mass is 9.84. The van der Waals surface area contributed by atoms with Crippen molar-refractivity contribution in [2.75, 3.05) is 32.9 Å². The number of fused-ring (bicyclic) bond motifs is 1. The van der Waals surface area contributed by atoms with Crippen LogP contribution in [0.15, 0.2) is 97.1 Å². The van der Waals surface area contributed by atoms with Crippen molar-refractivity contribution < 1.29 is 28.8 Å². The third-order valence-corrected chi connectivity index (χ3v) is 7.61. The van der Waals surface area contributed by atoms with Gasteiger partial charge < -0.3 is 29.0 Å². The average molecular weight is 570 g/mol. The molecule has 0 aromatic heterocycles. The Hall–Kier alpha value is -3.91. The summed E-state index contributed by atoms with van der Waals surface area (Å²) in [5, 5.41) is 12.1. The highest BCUT2D eigenvalue weighted by atomic mass is 16.5. The minimum Gasteiger partial charge on any atom is -0.494 e. The van der Waals surface area contributed by atoms with Crippen molar-refractivity contribution in [3.8, 4) is 5.75 Å². The van der Waals surface area contributed by atoms with Gasteiger partial charge in [0.1, 0.15) is 5.75 Å². The van der Waals surface area contributed by atoms with Crippen LogP contribution in [0.2, 0.25) is 0 Å². The molecule has 3 atom stereocenters. The van der Waals surface area contributed by atoms with Crippen LogP contribution in [0.1, 0.15) is 36.0 Å². The zero-order valence-corrected chi connectivity index (χ0v) is 24.1. The van der Waals surface area contributed by atoms with Gasteiger partial charge in [-0.05, 0) is 52.6 Å². The van der Waals surface area contributed by atoms with Crippen LogP contribution < -0.4 is 4.74 Å². The van der Waals surface area contributed by atoms with Gasteiger partial charge in [0.15, 0.2) is 0 Å². The molecule has 5 rings (SSSR count). The lowest BCUT2D eigenvalue weighted by Gasteiger charge is -2.42. The summed E-state index contributed by atoms with van der Waals surface area (Å²) in [6, 6.07) is 32.6. The van der Waals surface area contributed by atoms with Gasteiger partial charge in [0, 0.05) is 18.9 Å². The molecule has 0 bridgehead atoms. The van der Waals surface area contributed by atoms with Crippen LogP contribution in [0.25, 0.3) is 10.8 Å². The number of ether oxygens (including phenoxy) is 4. The second kappa shape index (κ2) is 14.8. The van der Waals surface area contributed by atoms with E-state index >= 15 is 0 Å². The maximum absolute atomic E-state index is 12.0. The van der Waals surface area contributed by atoms with Gasteiger partial charge in [-0.15, -0.1) is 0 Å². The molecule has 1 aliphatic heterocycles. The average Bonchev–Trinajstić information content (AvgIpc) is 3.02. The van der Waals surface area contributed by atoms with E-state index in [0.717, 1.165) is 34.2 Å². The van der Waals surface area contributed by atoms with E-state index in [1.54, 1.807) is 0 Å². The van der Waals surface area contributed by atoms with Crippen LogP contribution in [-0.4, -0.2) is 61.2 Å². The number of rotatable bonds is 13. The Bertz CT molecular complexity index is 1410. The molecular formula is C35H39NO6. The molecule has 4 aromatic carbocycles. The van der Waals surface area contributed by atoms with Crippen LogP contribution in [0.4, 0.5) is 4.79 Å². The van der Waals surface area contributed by atoms with Gasteiger partial charge in [0.05, 0.1) is 51.7 Å². The maximum atomic E-state index is 12.0. The van der Waals surface area contributed by atoms with Gasteiger partial charge in [0.25, 0.3) is 0 Å². The largest absolute Gasteiger partial charge is 0.494 e. The highest BCUT2D eigenvalue weighted by Crippen LogP contribution is 2.34. The van der Waals surface area contributed by atoms with E-state index in [9.17, 15) is 9.90 Å². The zero-order valence-electron chi connectivity index (χ0n) is 24.1. The van der Waals surface area contributed by atoms with E-state index in [1.165, 1.54) is 10.3 Å². The molecule has 220 valence electrons. The smallest absolute Gasteiger partial charge is 0.407 e. The van der Waals surface area contributed by atoms with E-state index in [0.29, 0.717) is 39.6 Å². The number of benzene rings is 4. The predicted octanol–water partition coefficient (Wildman–Crippen LogP) is 6.89. The molecule has 0 spiro atoms. The number of piperidine rings is 1. The summed E-state index contributed by atoms with van der Waals surface area (Å²) in [6.07, 6.45) is -0.866. The van der Waals surface area contributed by atoms with Crippen LogP contribution in [0.5, 0.6) is 5.75 Å². The van der Waals surface area contributed by atoms with Crippen molar-refractivity contribution in [2.24, 2.45) is 0 Å². The van der Waals surface area contributed by atoms with Crippen LogP contribution in [0, 0.1) is 0 Å². The summed E-state index contributed by atoms with van der Waals surface area (Å²) in [5.74, 6) is 0.660. The van der Waals surface area contributed by atoms with E-state index in [2.05, 4.69) is 42.5 Å². The Morgan fingerprint density at radius 3 is 2.24 bits per heavy atom. The number of hydrogen-bond acceptors (Lipinski definition) is 5. The second-order valence-electron chi connectivity index (χ2n) is 10.5. The van der Waals surface area contributed by atoms with Crippen LogP contribution in [-0.2, 0) is 27.4 Å². The summed E-state index contributed by atoms with van der Waals surface area (Å²) in [4.78, 5) is 13.4. The first-order valence-electron chi connectivity index (χ1n) is 14.6. The standard InChI is InChI=1S/C35H39NO6/c1-2-40-32-22-36(35(37)38)23-33(42-25-27-13-14-28-11-6-7-12-30(28)21-27)34(32)29-15-17-31(18-16-29)41-20-8-19-39-24-26-9-4-3-5-10-26/h3-7,9-18,21,32-34H,2,8,19-20,22-25H2,1H3,(H,37,38). The van der Waals surface area contributed by atoms with Gasteiger partial charge in [-0.25, -0.2) is 4.79 Å². The molecule has 1 N–H and O–H groups in total. The van der Waals surface area contributed by atoms with Crippen molar-refractivity contribution in [1.82, 2.24) is 4.90 Å². The quantitative estimate of drug-likeness (QED) is 0.177. The van der Waals surface area contributed by atoms with Gasteiger partial charge in [0.2, 0.25) is 0 Å². The maximum Gasteiger partial charge on any atom is 0.407 e. The third-order valence-electron chi connectivity index (χ3n) is 7.61. The molecule has 0 saturated carbocycles. The lowest BCUT2D eigenvalue weighted by Crippen LogP contribution is -2.54. The monoisotopic (exact) mass is 569 g/mol. The molecule has 42 heavy (non-hydrogen) atoms. The molecule has 1 aliphatic rings. The second-order valence-corrected chi connectivity index (χ2v) is 10.5. The molecule has 7 heteroatoms. The lowest BCUT2D eigenvalue weighted by molar-refractivity contribution is -0.0870. The fraction of sp³-hybridized carbons (Fsp3) is 0.343. The Labute approximate surface area is 247 Å². The number of hydrogen-bond donors (Lipinski definition) is 1. The molecule has 1 amide bonds. The molecule has 0 radical (unpaired) electrons. The SMILES string of the molecule is CCOC1CN(C(=O)O)CC(OCc2ccc3ccccc3c2)C1c1ccc(OCCCOCc2ccccc2)cc1. The molecule has 1 saturated heterocycles. The molecule has 0 aliphatic carbocycles. The van der Waals surface area contributed by atoms with Crippen molar-refractivity contribution in [3.05, 3.63) is 114 Å². The first-order chi connectivity index (χ1) is 20.6. The number of likely N-dealkylation sites (tertiary alicyclic amines) is 1. The minimum absolute atomic E-state index is 0.124. The summed E-state index contributed by atoms with van der Waals surface area (Å²) in [6.45, 7) is 5.16. The summed E-state index contributed by atoms with van der Waals surface area (Å²) >= 11 is 0. The minimum atomic E-state index is -0.964. The Morgan fingerprint density at radius 1 is 0.786 bits per heavy atom. The molecule has 7 nitrogen and oxygen atoms in total. The predicted molar refractivity (Wildman–Crippen MR) is 163 cm³/mol. The van der Waals surface area contributed by atoms with E-state index in [1.807, 2.05) is 61.5 Å². The molecule has 1 fully saturated rings. The number of amides is 1. The van der Waals surface area contributed by atoms with Crippen LogP contribution in [0.3, 0.4) is 0 Å². The summed E-state index contributed by atoms with van der Waals surface area (Å²) in [5.41, 5.74) is 3.25. The third kappa shape index (κ3) is 7.88. The molecule has 1 heterocycles. The molecular weight excluding hydrogens is 530 g/mol. The van der Waals surface area contributed by atoms with Crippen LogP contribution >= 0.6 is 0 Å². The van der Waals surface area contributed by atoms with Gasteiger partial charge in [-0.2, -0.15) is 0 Å². The first-order valence-corrected chi connectivity index (χ1v) is 14.6. The Kier molecular flexibility index (Phi) is 10.4.